The molecule has 0 amide bonds. The lowest BCUT2D eigenvalue weighted by atomic mass is 9.87. The highest BCUT2D eigenvalue weighted by atomic mass is 16.3. The van der Waals surface area contributed by atoms with Crippen LogP contribution >= 0.6 is 0 Å². The van der Waals surface area contributed by atoms with Gasteiger partial charge in [-0.2, -0.15) is 0 Å². The molecule has 0 heterocycles. The fourth-order valence-electron chi connectivity index (χ4n) is 6.82. The quantitative estimate of drug-likeness (QED) is 0.176. The summed E-state index contributed by atoms with van der Waals surface area (Å²) in [4.78, 5) is 0. The highest BCUT2D eigenvalue weighted by molar-refractivity contribution is 6.41. The van der Waals surface area contributed by atoms with Crippen LogP contribution in [0.2, 0.25) is 0 Å². The Kier molecular flexibility index (Phi) is 1.94. The summed E-state index contributed by atoms with van der Waals surface area (Å²) in [6, 6.07) is 17.3. The van der Waals surface area contributed by atoms with E-state index in [2.05, 4.69) is 36.4 Å². The van der Waals surface area contributed by atoms with Crippen molar-refractivity contribution < 1.29 is 10.2 Å². The van der Waals surface area contributed by atoms with Gasteiger partial charge < -0.3 is 10.2 Å². The first kappa shape index (κ1) is 14.2. The fraction of sp³-hybridized carbons (Fsp3) is 0.0714. The van der Waals surface area contributed by atoms with E-state index in [0.29, 0.717) is 0 Å². The van der Waals surface area contributed by atoms with Crippen LogP contribution in [0.3, 0.4) is 0 Å². The van der Waals surface area contributed by atoms with E-state index < -0.39 is 0 Å². The topological polar surface area (TPSA) is 40.5 Å². The number of rotatable bonds is 0. The first-order chi connectivity index (χ1) is 14.7. The standard InChI is InChI=1S/C28H14O2/c29-20-9-16-17(10-21(20)30)19-8-15-6-13-2-1-11-5-12-3-4-14-7-18(16)27(19)28-25(14)23(12)22(11)24(13)26(15)28/h1-4,7-10,29-30H,5-6H2. The van der Waals surface area contributed by atoms with Gasteiger partial charge in [-0.15, -0.1) is 0 Å². The van der Waals surface area contributed by atoms with Gasteiger partial charge in [0, 0.05) is 0 Å². The third kappa shape index (κ3) is 1.25. The zero-order valence-corrected chi connectivity index (χ0v) is 15.9. The van der Waals surface area contributed by atoms with Crippen molar-refractivity contribution >= 4 is 43.1 Å². The van der Waals surface area contributed by atoms with Crippen LogP contribution in [-0.2, 0) is 12.8 Å². The number of hydrogen-bond donors (Lipinski definition) is 2. The molecule has 0 spiro atoms. The molecule has 0 aliphatic heterocycles. The Bertz CT molecular complexity index is 1860. The highest BCUT2D eigenvalue weighted by Gasteiger charge is 2.33. The summed E-state index contributed by atoms with van der Waals surface area (Å²) in [6.45, 7) is 0. The Labute approximate surface area is 170 Å². The lowest BCUT2D eigenvalue weighted by Gasteiger charge is -2.16. The second-order valence-electron chi connectivity index (χ2n) is 9.20. The molecule has 30 heavy (non-hydrogen) atoms. The van der Waals surface area contributed by atoms with Gasteiger partial charge >= 0.3 is 0 Å². The van der Waals surface area contributed by atoms with Gasteiger partial charge in [0.25, 0.3) is 0 Å². The zero-order valence-electron chi connectivity index (χ0n) is 15.9. The minimum atomic E-state index is -0.0549. The van der Waals surface area contributed by atoms with Crippen LogP contribution in [0.25, 0.3) is 65.3 Å². The predicted molar refractivity (Wildman–Crippen MR) is 121 cm³/mol. The van der Waals surface area contributed by atoms with Crippen LogP contribution in [0, 0.1) is 0 Å². The van der Waals surface area contributed by atoms with Crippen molar-refractivity contribution in [3.8, 4) is 33.8 Å². The van der Waals surface area contributed by atoms with Crippen molar-refractivity contribution in [2.24, 2.45) is 0 Å². The molecular formula is C28H14O2. The van der Waals surface area contributed by atoms with E-state index in [1.165, 1.54) is 76.5 Å². The van der Waals surface area contributed by atoms with Gasteiger partial charge in [0.2, 0.25) is 0 Å². The van der Waals surface area contributed by atoms with Crippen LogP contribution in [0.1, 0.15) is 22.3 Å². The maximum Gasteiger partial charge on any atom is 0.158 e. The molecule has 0 saturated carbocycles. The average molecular weight is 382 g/mol. The number of phenols is 2. The summed E-state index contributed by atoms with van der Waals surface area (Å²) in [6.07, 6.45) is 1.99. The molecule has 3 aliphatic rings. The van der Waals surface area contributed by atoms with E-state index in [0.717, 1.165) is 24.0 Å². The molecule has 0 bridgehead atoms. The van der Waals surface area contributed by atoms with E-state index in [1.807, 2.05) is 0 Å². The number of phenolic OH excluding ortho intramolecular Hbond substituents is 2. The molecule has 138 valence electrons. The van der Waals surface area contributed by atoms with Crippen molar-refractivity contribution in [3.05, 3.63) is 70.8 Å². The summed E-state index contributed by atoms with van der Waals surface area (Å²) < 4.78 is 0. The van der Waals surface area contributed by atoms with E-state index in [4.69, 9.17) is 0 Å². The predicted octanol–water partition coefficient (Wildman–Crippen LogP) is 6.60. The SMILES string of the molecule is Oc1cc2c(cc1O)-c1cc3ccc4c5c6c(ccc7c6c6c(cc-2c1c6c35)C7)C4. The molecule has 6 aromatic carbocycles. The molecule has 3 aliphatic carbocycles. The highest BCUT2D eigenvalue weighted by Crippen LogP contribution is 2.58. The Hall–Kier alpha value is -3.78. The largest absolute Gasteiger partial charge is 0.504 e. The molecule has 9 rings (SSSR count). The molecule has 2 N–H and O–H groups in total. The van der Waals surface area contributed by atoms with Crippen LogP contribution < -0.4 is 0 Å². The molecule has 0 fully saturated rings. The number of aromatic hydroxyl groups is 2. The van der Waals surface area contributed by atoms with Crippen molar-refractivity contribution in [1.29, 1.82) is 0 Å². The molecule has 2 nitrogen and oxygen atoms in total. The van der Waals surface area contributed by atoms with Crippen LogP contribution in [0.4, 0.5) is 0 Å². The van der Waals surface area contributed by atoms with Gasteiger partial charge in [-0.1, -0.05) is 24.3 Å². The molecule has 0 aromatic heterocycles. The van der Waals surface area contributed by atoms with E-state index in [1.54, 1.807) is 12.1 Å². The van der Waals surface area contributed by atoms with Crippen molar-refractivity contribution in [3.63, 3.8) is 0 Å². The molecule has 2 heteroatoms. The van der Waals surface area contributed by atoms with Gasteiger partial charge in [0.1, 0.15) is 0 Å². The smallest absolute Gasteiger partial charge is 0.158 e. The van der Waals surface area contributed by atoms with Crippen molar-refractivity contribution in [1.82, 2.24) is 0 Å². The van der Waals surface area contributed by atoms with Crippen LogP contribution in [0.5, 0.6) is 11.5 Å². The first-order valence-corrected chi connectivity index (χ1v) is 10.5. The van der Waals surface area contributed by atoms with Gasteiger partial charge in [-0.25, -0.2) is 0 Å². The summed E-state index contributed by atoms with van der Waals surface area (Å²) in [7, 11) is 0. The zero-order chi connectivity index (χ0) is 19.5. The molecule has 0 atom stereocenters. The van der Waals surface area contributed by atoms with Gasteiger partial charge in [0.15, 0.2) is 11.5 Å². The molecule has 0 radical (unpaired) electrons. The lowest BCUT2D eigenvalue weighted by Crippen LogP contribution is -1.89. The Morgan fingerprint density at radius 3 is 1.67 bits per heavy atom. The second kappa shape index (κ2) is 4.08. The van der Waals surface area contributed by atoms with E-state index in [9.17, 15) is 10.2 Å². The van der Waals surface area contributed by atoms with E-state index >= 15 is 0 Å². The van der Waals surface area contributed by atoms with Gasteiger partial charge in [0.05, 0.1) is 0 Å². The maximum absolute atomic E-state index is 10.2. The molecular weight excluding hydrogens is 368 g/mol. The monoisotopic (exact) mass is 382 g/mol. The summed E-state index contributed by atoms with van der Waals surface area (Å²) >= 11 is 0. The van der Waals surface area contributed by atoms with Crippen LogP contribution in [-0.4, -0.2) is 10.2 Å². The van der Waals surface area contributed by atoms with Crippen molar-refractivity contribution in [2.45, 2.75) is 12.8 Å². The fourth-order valence-corrected chi connectivity index (χ4v) is 6.82. The Balaban J connectivity index is 1.68. The third-order valence-electron chi connectivity index (χ3n) is 7.89. The minimum Gasteiger partial charge on any atom is -0.504 e. The minimum absolute atomic E-state index is 0.0528. The molecule has 6 aromatic rings. The van der Waals surface area contributed by atoms with Gasteiger partial charge in [-0.3, -0.25) is 0 Å². The normalized spacial score (nSPS) is 14.7. The average Bonchev–Trinajstić information content (AvgIpc) is 3.39. The summed E-state index contributed by atoms with van der Waals surface area (Å²) in [5.74, 6) is -0.108. The van der Waals surface area contributed by atoms with E-state index in [-0.39, 0.29) is 11.5 Å². The van der Waals surface area contributed by atoms with Crippen LogP contribution in [0.15, 0.2) is 48.5 Å². The van der Waals surface area contributed by atoms with Gasteiger partial charge in [-0.05, 0) is 125 Å². The summed E-state index contributed by atoms with van der Waals surface area (Å²) in [5.41, 5.74) is 10.1. The Morgan fingerprint density at radius 1 is 0.433 bits per heavy atom. The van der Waals surface area contributed by atoms with Crippen molar-refractivity contribution in [2.75, 3.05) is 0 Å². The Morgan fingerprint density at radius 2 is 0.967 bits per heavy atom. The number of fused-ring (bicyclic) bond motifs is 3. The third-order valence-corrected chi connectivity index (χ3v) is 7.89. The first-order valence-electron chi connectivity index (χ1n) is 10.5. The number of hydrogen-bond acceptors (Lipinski definition) is 2. The lowest BCUT2D eigenvalue weighted by molar-refractivity contribution is 0.404. The number of benzene rings is 6. The second-order valence-corrected chi connectivity index (χ2v) is 9.20. The molecule has 0 saturated heterocycles. The summed E-state index contributed by atoms with van der Waals surface area (Å²) in [5, 5.41) is 31.6. The molecule has 0 unspecified atom stereocenters. The maximum atomic E-state index is 10.2.